The van der Waals surface area contributed by atoms with Gasteiger partial charge in [-0.15, -0.1) is 0 Å². The molecule has 70 valence electrons. The van der Waals surface area contributed by atoms with Crippen LogP contribution in [0.3, 0.4) is 0 Å². The molecule has 7 nitrogen and oxygen atoms in total. The standard InChI is InChI=1S/C5H11N3O4/c6-3(1-7-4(9)10)2-8-5(11)12/h3,7-8H,1-2,6H2,(H,9,10)(H,11,12). The molecule has 0 heterocycles. The minimum atomic E-state index is -1.18. The highest BCUT2D eigenvalue weighted by Gasteiger charge is 2.04. The van der Waals surface area contributed by atoms with Crippen LogP contribution in [0.25, 0.3) is 0 Å². The monoisotopic (exact) mass is 177 g/mol. The second-order valence-electron chi connectivity index (χ2n) is 2.13. The van der Waals surface area contributed by atoms with Crippen LogP contribution in [0.5, 0.6) is 0 Å². The molecular formula is C5H11N3O4. The van der Waals surface area contributed by atoms with Crippen LogP contribution in [-0.2, 0) is 0 Å². The maximum atomic E-state index is 9.94. The van der Waals surface area contributed by atoms with Crippen molar-refractivity contribution in [2.75, 3.05) is 13.1 Å². The second kappa shape index (κ2) is 5.19. The van der Waals surface area contributed by atoms with Gasteiger partial charge in [-0.25, -0.2) is 9.59 Å². The number of hydrogen-bond acceptors (Lipinski definition) is 3. The van der Waals surface area contributed by atoms with Crippen LogP contribution in [0.4, 0.5) is 9.59 Å². The summed E-state index contributed by atoms with van der Waals surface area (Å²) in [5.74, 6) is 0. The Bertz CT molecular complexity index is 154. The first-order chi connectivity index (χ1) is 5.52. The summed E-state index contributed by atoms with van der Waals surface area (Å²) in [5.41, 5.74) is 5.32. The lowest BCUT2D eigenvalue weighted by Gasteiger charge is -2.10. The lowest BCUT2D eigenvalue weighted by Crippen LogP contribution is -2.44. The molecule has 0 aromatic rings. The number of carbonyl (C=O) groups is 2. The number of hydrogen-bond donors (Lipinski definition) is 5. The van der Waals surface area contributed by atoms with Crippen molar-refractivity contribution in [2.45, 2.75) is 6.04 Å². The van der Waals surface area contributed by atoms with E-state index < -0.39 is 18.2 Å². The molecule has 0 bridgehead atoms. The van der Waals surface area contributed by atoms with Crippen LogP contribution in [-0.4, -0.2) is 41.5 Å². The van der Waals surface area contributed by atoms with Gasteiger partial charge in [0.1, 0.15) is 0 Å². The van der Waals surface area contributed by atoms with E-state index in [1.165, 1.54) is 0 Å². The average Bonchev–Trinajstić information content (AvgIpc) is 1.96. The maximum Gasteiger partial charge on any atom is 0.404 e. The third-order valence-electron chi connectivity index (χ3n) is 1.03. The molecule has 0 radical (unpaired) electrons. The molecule has 0 aromatic heterocycles. The highest BCUT2D eigenvalue weighted by atomic mass is 16.4. The predicted molar refractivity (Wildman–Crippen MR) is 40.0 cm³/mol. The zero-order valence-corrected chi connectivity index (χ0v) is 6.28. The Labute approximate surface area is 68.6 Å². The molecule has 6 N–H and O–H groups in total. The van der Waals surface area contributed by atoms with E-state index >= 15 is 0 Å². The van der Waals surface area contributed by atoms with Gasteiger partial charge in [0.15, 0.2) is 0 Å². The summed E-state index contributed by atoms with van der Waals surface area (Å²) < 4.78 is 0. The van der Waals surface area contributed by atoms with Crippen LogP contribution in [0.15, 0.2) is 0 Å². The first-order valence-electron chi connectivity index (χ1n) is 3.21. The molecule has 0 fully saturated rings. The molecular weight excluding hydrogens is 166 g/mol. The lowest BCUT2D eigenvalue weighted by molar-refractivity contribution is 0.191. The van der Waals surface area contributed by atoms with Gasteiger partial charge >= 0.3 is 12.2 Å². The zero-order chi connectivity index (χ0) is 9.56. The maximum absolute atomic E-state index is 9.94. The summed E-state index contributed by atoms with van der Waals surface area (Å²) in [6.07, 6.45) is -2.36. The molecule has 0 saturated carbocycles. The van der Waals surface area contributed by atoms with E-state index in [9.17, 15) is 9.59 Å². The summed E-state index contributed by atoms with van der Waals surface area (Å²) in [4.78, 5) is 19.9. The largest absolute Gasteiger partial charge is 0.465 e. The first kappa shape index (κ1) is 10.5. The fraction of sp³-hybridized carbons (Fsp3) is 0.600. The third-order valence-corrected chi connectivity index (χ3v) is 1.03. The van der Waals surface area contributed by atoms with Crippen molar-refractivity contribution in [3.05, 3.63) is 0 Å². The van der Waals surface area contributed by atoms with Crippen molar-refractivity contribution in [2.24, 2.45) is 5.73 Å². The van der Waals surface area contributed by atoms with Crippen molar-refractivity contribution in [3.8, 4) is 0 Å². The van der Waals surface area contributed by atoms with Crippen LogP contribution in [0, 0.1) is 0 Å². The van der Waals surface area contributed by atoms with Gasteiger partial charge in [0, 0.05) is 19.1 Å². The molecule has 2 amide bonds. The molecule has 0 spiro atoms. The predicted octanol–water partition coefficient (Wildman–Crippen LogP) is -1.15. The Hall–Kier alpha value is -1.50. The molecule has 0 aromatic carbocycles. The molecule has 0 unspecified atom stereocenters. The number of rotatable bonds is 4. The summed E-state index contributed by atoms with van der Waals surface area (Å²) in [6.45, 7) is 0.0469. The van der Waals surface area contributed by atoms with Gasteiger partial charge in [-0.2, -0.15) is 0 Å². The Kier molecular flexibility index (Phi) is 4.54. The molecule has 12 heavy (non-hydrogen) atoms. The fourth-order valence-electron chi connectivity index (χ4n) is 0.509. The van der Waals surface area contributed by atoms with E-state index in [1.807, 2.05) is 10.6 Å². The van der Waals surface area contributed by atoms with Crippen molar-refractivity contribution in [1.29, 1.82) is 0 Å². The molecule has 7 heteroatoms. The van der Waals surface area contributed by atoms with E-state index in [1.54, 1.807) is 0 Å². The molecule has 0 atom stereocenters. The topological polar surface area (TPSA) is 125 Å². The van der Waals surface area contributed by atoms with E-state index in [4.69, 9.17) is 15.9 Å². The average molecular weight is 177 g/mol. The van der Waals surface area contributed by atoms with Crippen molar-refractivity contribution >= 4 is 12.2 Å². The fourth-order valence-corrected chi connectivity index (χ4v) is 0.509. The van der Waals surface area contributed by atoms with Crippen molar-refractivity contribution in [1.82, 2.24) is 10.6 Å². The van der Waals surface area contributed by atoms with Crippen molar-refractivity contribution in [3.63, 3.8) is 0 Å². The molecule has 0 aliphatic rings. The van der Waals surface area contributed by atoms with E-state index in [-0.39, 0.29) is 13.1 Å². The molecule has 0 aliphatic carbocycles. The third kappa shape index (κ3) is 6.62. The highest BCUT2D eigenvalue weighted by Crippen LogP contribution is 1.73. The number of amides is 2. The van der Waals surface area contributed by atoms with Crippen molar-refractivity contribution < 1.29 is 19.8 Å². The summed E-state index contributed by atoms with van der Waals surface area (Å²) in [7, 11) is 0. The second-order valence-corrected chi connectivity index (χ2v) is 2.13. The molecule has 0 rings (SSSR count). The lowest BCUT2D eigenvalue weighted by atomic mass is 10.3. The molecule has 0 aliphatic heterocycles. The van der Waals surface area contributed by atoms with E-state index in [0.29, 0.717) is 0 Å². The summed E-state index contributed by atoms with van der Waals surface area (Å²) in [5, 5.41) is 20.3. The van der Waals surface area contributed by atoms with Gasteiger partial charge in [-0.3, -0.25) is 0 Å². The van der Waals surface area contributed by atoms with E-state index in [2.05, 4.69) is 0 Å². The number of carboxylic acid groups (broad SMARTS) is 2. The first-order valence-corrected chi connectivity index (χ1v) is 3.21. The van der Waals surface area contributed by atoms with E-state index in [0.717, 1.165) is 0 Å². The van der Waals surface area contributed by atoms with Crippen LogP contribution in [0.1, 0.15) is 0 Å². The van der Waals surface area contributed by atoms with Crippen LogP contribution < -0.4 is 16.4 Å². The number of nitrogens with one attached hydrogen (secondary N) is 2. The minimum absolute atomic E-state index is 0.0234. The summed E-state index contributed by atoms with van der Waals surface area (Å²) in [6, 6.07) is -0.544. The number of nitrogens with two attached hydrogens (primary N) is 1. The minimum Gasteiger partial charge on any atom is -0.465 e. The van der Waals surface area contributed by atoms with Crippen LogP contribution in [0.2, 0.25) is 0 Å². The zero-order valence-electron chi connectivity index (χ0n) is 6.28. The molecule has 0 saturated heterocycles. The SMILES string of the molecule is NC(CNC(=O)O)CNC(=O)O. The van der Waals surface area contributed by atoms with Gasteiger partial charge < -0.3 is 26.6 Å². The van der Waals surface area contributed by atoms with Gasteiger partial charge in [0.2, 0.25) is 0 Å². The van der Waals surface area contributed by atoms with Gasteiger partial charge in [0.05, 0.1) is 0 Å². The van der Waals surface area contributed by atoms with Crippen LogP contribution >= 0.6 is 0 Å². The Morgan fingerprint density at radius 3 is 1.75 bits per heavy atom. The normalized spacial score (nSPS) is 9.50. The van der Waals surface area contributed by atoms with Gasteiger partial charge in [0.25, 0.3) is 0 Å². The Balaban J connectivity index is 3.39. The van der Waals surface area contributed by atoms with Gasteiger partial charge in [-0.05, 0) is 0 Å². The quantitative estimate of drug-likeness (QED) is 0.370. The Morgan fingerprint density at radius 1 is 1.17 bits per heavy atom. The summed E-state index contributed by atoms with van der Waals surface area (Å²) >= 11 is 0. The smallest absolute Gasteiger partial charge is 0.404 e. The van der Waals surface area contributed by atoms with Gasteiger partial charge in [-0.1, -0.05) is 0 Å². The Morgan fingerprint density at radius 2 is 1.50 bits per heavy atom. The highest BCUT2D eigenvalue weighted by molar-refractivity contribution is 5.65.